The largest absolute Gasteiger partial charge is 1.00 e. The molecule has 5 aromatic heterocycles. The van der Waals surface area contributed by atoms with Crippen LogP contribution in [0.3, 0.4) is 0 Å². The van der Waals surface area contributed by atoms with Crippen molar-refractivity contribution in [2.75, 3.05) is 34.3 Å². The zero-order chi connectivity index (χ0) is 79.0. The first kappa shape index (κ1) is 85.3. The molecule has 0 saturated heterocycles. The van der Waals surface area contributed by atoms with Gasteiger partial charge in [0.1, 0.15) is 44.9 Å². The number of rotatable bonds is 16. The van der Waals surface area contributed by atoms with Crippen LogP contribution < -0.4 is 133 Å². The Morgan fingerprint density at radius 2 is 0.983 bits per heavy atom. The number of carboxylic acids is 1. The second-order valence-corrected chi connectivity index (χ2v) is 36.0. The number of para-hydroxylation sites is 4. The highest BCUT2D eigenvalue weighted by molar-refractivity contribution is 7.19. The van der Waals surface area contributed by atoms with Crippen LogP contribution in [-0.2, 0) is 42.9 Å². The molecule has 608 valence electrons. The summed E-state index contributed by atoms with van der Waals surface area (Å²) in [6, 6.07) is 55.8. The number of likely N-dealkylation sites (N-methyl/N-ethyl adjacent to an activating group) is 2. The normalized spacial score (nSPS) is 19.9. The van der Waals surface area contributed by atoms with Gasteiger partial charge in [0.15, 0.2) is 5.71 Å². The molecule has 3 saturated carbocycles. The minimum Gasteiger partial charge on any atom is -1.00 e. The topological polar surface area (TPSA) is 137 Å². The van der Waals surface area contributed by atoms with Gasteiger partial charge in [-0.1, -0.05) is 109 Å². The lowest BCUT2D eigenvalue weighted by atomic mass is 9.81. The van der Waals surface area contributed by atoms with Crippen LogP contribution in [0.2, 0.25) is 0 Å². The molecule has 0 bridgehead atoms. The lowest BCUT2D eigenvalue weighted by molar-refractivity contribution is -0.674. The minimum atomic E-state index is -1.02. The van der Waals surface area contributed by atoms with E-state index in [-0.39, 0.29) is 93.6 Å². The van der Waals surface area contributed by atoms with Crippen LogP contribution in [0.25, 0.3) is 57.8 Å². The maximum absolute atomic E-state index is 13.6. The lowest BCUT2D eigenvalue weighted by Gasteiger charge is -2.27. The SMILES string of the molecule is CCN1c2ccc(/C=c3/s/c(=C\C4=[N+](CC)c5ccccc5C4(C)C)n(CC(=O)O)c3=O)cc2C2CCCC21.CCN1c2ccc(/C=c3/s/c(=C\c4oc5ccccc5[n+]4CC)n(CC)c3=O)cc2C2CCCC21.CCn1c(=O)/c(=C\c2ccc3c(c2)C2CCCC2N3c2ccc(C)cc2)s/c1=C\c1sc2ccccc2[n+]1CC.[Br-].[I-].[I-]. The lowest BCUT2D eigenvalue weighted by Crippen LogP contribution is -3.00. The van der Waals surface area contributed by atoms with Crippen molar-refractivity contribution in [1.82, 2.24) is 13.7 Å². The Morgan fingerprint density at radius 1 is 0.504 bits per heavy atom. The first-order chi connectivity index (χ1) is 55.4. The molecule has 4 aliphatic heterocycles. The molecule has 6 unspecified atom stereocenters. The molecule has 0 spiro atoms. The fraction of sp³-hybridized carbons (Fsp3) is 0.358. The van der Waals surface area contributed by atoms with Gasteiger partial charge in [0, 0.05) is 115 Å². The van der Waals surface area contributed by atoms with Crippen LogP contribution in [0.1, 0.15) is 193 Å². The van der Waals surface area contributed by atoms with Gasteiger partial charge in [-0.3, -0.25) is 32.9 Å². The van der Waals surface area contributed by atoms with E-state index in [1.165, 1.54) is 139 Å². The molecule has 15 nitrogen and oxygen atoms in total. The van der Waals surface area contributed by atoms with Crippen molar-refractivity contribution in [2.45, 2.75) is 201 Å². The van der Waals surface area contributed by atoms with E-state index >= 15 is 0 Å². The highest BCUT2D eigenvalue weighted by Crippen LogP contribution is 2.54. The van der Waals surface area contributed by atoms with Crippen molar-refractivity contribution >= 4 is 143 Å². The Morgan fingerprint density at radius 3 is 1.52 bits per heavy atom. The maximum Gasteiger partial charge on any atom is 0.377 e. The highest BCUT2D eigenvalue weighted by atomic mass is 127. The van der Waals surface area contributed by atoms with Crippen LogP contribution in [0.5, 0.6) is 0 Å². The van der Waals surface area contributed by atoms with Crippen molar-refractivity contribution < 1.29 is 93.0 Å². The summed E-state index contributed by atoms with van der Waals surface area (Å²) in [4.78, 5) is 59.9. The molecule has 19 rings (SSSR count). The molecule has 7 aliphatic rings. The molecule has 1 N–H and O–H groups in total. The number of benzene rings is 7. The van der Waals surface area contributed by atoms with Gasteiger partial charge < -0.3 is 89.2 Å². The molecule has 3 aliphatic carbocycles. The molecule has 9 heterocycles. The van der Waals surface area contributed by atoms with Crippen molar-refractivity contribution in [3.05, 3.63) is 266 Å². The van der Waals surface area contributed by atoms with Gasteiger partial charge in [-0.15, -0.1) is 34.0 Å². The zero-order valence-corrected chi connectivity index (χ0v) is 77.3. The second-order valence-electron chi connectivity index (χ2n) is 31.8. The molecular weight excluding hydrogens is 1830 g/mol. The Bertz CT molecular complexity index is 6440. The predicted octanol–water partition coefficient (Wildman–Crippen LogP) is 5.51. The number of carboxylic acid groups (broad SMARTS) is 1. The van der Waals surface area contributed by atoms with Gasteiger partial charge in [-0.25, -0.2) is 0 Å². The van der Waals surface area contributed by atoms with E-state index in [1.54, 1.807) is 34.0 Å². The monoisotopic (exact) mass is 1930 g/mol. The van der Waals surface area contributed by atoms with Crippen LogP contribution in [0.4, 0.5) is 28.4 Å². The third-order valence-electron chi connectivity index (χ3n) is 25.2. The summed E-state index contributed by atoms with van der Waals surface area (Å²) in [6.07, 6.45) is 23.7. The van der Waals surface area contributed by atoms with E-state index in [4.69, 9.17) is 4.42 Å². The summed E-state index contributed by atoms with van der Waals surface area (Å²) in [5, 5.41) is 10.8. The standard InChI is InChI=1S/C34H34N3OS2.C32H35N3O3S.C29H32N3O2S.BrH.2HI/c1-4-35-29-10-6-7-12-30(29)39-32(35)21-33-36(5-2)34(38)31(40-33)20-23-15-18-28-26(19-23)25-9-8-11-27(25)37(28)24-16-13-22(3)14-17-24;1-5-33-24-13-9-10-21(24)22-16-20(14-15-25(22)33)17-27-31(38)35(19-30(36)37)29(39-27)18-28-32(3,4)23-11-7-8-12-26(23)34(28)6-2;1-4-30-22-12-9-10-20(22)21-16-19(14-15-23(21)30)17-26-29(33)32(6-3)28(35-26)18-27-31(5-2)24-11-7-8-13-25(24)34-27;;;/h6-7,10,12-21,25,27H,4-5,8-9,11H2,1-3H3;7-8,11-12,14-18,21,24H,5-6,9-10,13,19H2,1-4H3;7-8,11,13-18,20,22H,4-6,9-10,12H2,1-3H3;3*1H/q+1;;+1;;;/p-2/b31-20+;27-17+;26-17+;;;. The summed E-state index contributed by atoms with van der Waals surface area (Å²) in [5.74, 6) is 1.50. The van der Waals surface area contributed by atoms with E-state index < -0.39 is 5.97 Å². The molecule has 6 atom stereocenters. The maximum atomic E-state index is 13.6. The number of thiazole rings is 4. The second kappa shape index (κ2) is 35.7. The number of aryl methyl sites for hydroxylation is 3. The van der Waals surface area contributed by atoms with E-state index in [0.29, 0.717) is 58.2 Å². The molecule has 3 fully saturated rings. The smallest absolute Gasteiger partial charge is 0.377 e. The van der Waals surface area contributed by atoms with Crippen molar-refractivity contribution in [3.8, 4) is 0 Å². The Hall–Kier alpha value is -8.11. The van der Waals surface area contributed by atoms with Gasteiger partial charge in [-0.05, 0) is 220 Å². The van der Waals surface area contributed by atoms with Gasteiger partial charge in [0.05, 0.1) is 31.2 Å². The van der Waals surface area contributed by atoms with E-state index in [1.807, 2.05) is 58.6 Å². The molecule has 12 aromatic rings. The number of hydrogen-bond acceptors (Lipinski definition) is 12. The average molecular weight is 1930 g/mol. The van der Waals surface area contributed by atoms with E-state index in [2.05, 4.69) is 236 Å². The zero-order valence-electron chi connectivity index (χ0n) is 68.2. The van der Waals surface area contributed by atoms with E-state index in [0.717, 1.165) is 96.2 Å². The number of aliphatic carboxylic acids is 1. The van der Waals surface area contributed by atoms with Crippen LogP contribution in [0, 0.1) is 6.92 Å². The predicted molar refractivity (Wildman–Crippen MR) is 469 cm³/mol. The number of fused-ring (bicyclic) bond motifs is 12. The summed E-state index contributed by atoms with van der Waals surface area (Å²) in [6.45, 7) is 27.0. The summed E-state index contributed by atoms with van der Waals surface area (Å²) in [7, 11) is 0. The molecule has 0 amide bonds. The molecule has 0 radical (unpaired) electrons. The van der Waals surface area contributed by atoms with Gasteiger partial charge in [0.2, 0.25) is 16.8 Å². The van der Waals surface area contributed by atoms with Gasteiger partial charge >= 0.3 is 11.9 Å². The quantitative estimate of drug-likeness (QED) is 0.0982. The van der Waals surface area contributed by atoms with Crippen molar-refractivity contribution in [3.63, 3.8) is 0 Å². The number of hydrogen-bond donors (Lipinski definition) is 1. The van der Waals surface area contributed by atoms with Crippen molar-refractivity contribution in [2.24, 2.45) is 0 Å². The van der Waals surface area contributed by atoms with E-state index in [9.17, 15) is 24.3 Å². The Kier molecular flexibility index (Phi) is 26.0. The van der Waals surface area contributed by atoms with Gasteiger partial charge in [-0.2, -0.15) is 13.7 Å². The molecular formula is C95H102BrI2N9O6S4. The third-order valence-corrected chi connectivity index (χ3v) is 29.5. The van der Waals surface area contributed by atoms with Crippen LogP contribution in [0.15, 0.2) is 170 Å². The summed E-state index contributed by atoms with van der Waals surface area (Å²) >= 11 is 6.31. The average Bonchev–Trinajstić information content (AvgIpc) is 1.61. The summed E-state index contributed by atoms with van der Waals surface area (Å²) in [5.41, 5.74) is 20.4. The fourth-order valence-electron chi connectivity index (χ4n) is 20.0. The Labute approximate surface area is 744 Å². The number of carbonyl (C=O) groups is 1. The molecule has 22 heteroatoms. The van der Waals surface area contributed by atoms with Gasteiger partial charge in [0.25, 0.3) is 27.2 Å². The minimum absolute atomic E-state index is 0. The number of oxazole rings is 1. The highest BCUT2D eigenvalue weighted by Gasteiger charge is 2.46. The fourth-order valence-corrected chi connectivity index (χ4v) is 24.5. The number of nitrogens with zero attached hydrogens (tertiary/aromatic N) is 9. The summed E-state index contributed by atoms with van der Waals surface area (Å²) < 4.78 is 24.1. The first-order valence-corrected chi connectivity index (χ1v) is 44.6. The van der Waals surface area contributed by atoms with Crippen LogP contribution in [-0.4, -0.2) is 72.8 Å². The number of halogens is 3. The Balaban J connectivity index is 0.000000143. The van der Waals surface area contributed by atoms with Crippen LogP contribution >= 0.6 is 45.3 Å². The third kappa shape index (κ3) is 15.7. The number of aromatic nitrogens is 5. The molecule has 117 heavy (non-hydrogen) atoms. The molecule has 7 aromatic carbocycles. The van der Waals surface area contributed by atoms with Crippen molar-refractivity contribution in [1.29, 1.82) is 0 Å². The number of anilines is 4. The first-order valence-electron chi connectivity index (χ1n) is 41.3.